The predicted octanol–water partition coefficient (Wildman–Crippen LogP) is 5.45. The van der Waals surface area contributed by atoms with Crippen LogP contribution in [0.4, 0.5) is 0 Å². The summed E-state index contributed by atoms with van der Waals surface area (Å²) >= 11 is 0. The minimum absolute atomic E-state index is 0.743. The van der Waals surface area contributed by atoms with Gasteiger partial charge in [0.25, 0.3) is 0 Å². The van der Waals surface area contributed by atoms with E-state index in [1.54, 1.807) is 0 Å². The van der Waals surface area contributed by atoms with Crippen LogP contribution in [0.15, 0.2) is 135 Å². The Kier molecular flexibility index (Phi) is 5.89. The quantitative estimate of drug-likeness (QED) is 0.367. The number of rotatable bonds is 4. The highest BCUT2D eigenvalue weighted by Crippen LogP contribution is 2.65. The molecule has 0 spiro atoms. The monoisotopic (exact) mass is 468 g/mol. The van der Waals surface area contributed by atoms with E-state index >= 15 is 0 Å². The van der Waals surface area contributed by atoms with Gasteiger partial charge < -0.3 is 4.90 Å². The van der Waals surface area contributed by atoms with E-state index in [1.807, 2.05) is 43.3 Å². The van der Waals surface area contributed by atoms with Crippen LogP contribution in [0.2, 0.25) is 0 Å². The molecule has 0 bridgehead atoms. The first-order valence-electron chi connectivity index (χ1n) is 10.9. The molecule has 4 nitrogen and oxygen atoms in total. The van der Waals surface area contributed by atoms with Gasteiger partial charge in [-0.1, -0.05) is 121 Å². The molecule has 0 N–H and O–H groups in total. The third kappa shape index (κ3) is 3.91. The molecule has 0 amide bonds. The molecule has 1 aliphatic rings. The predicted molar refractivity (Wildman–Crippen MR) is 144 cm³/mol. The third-order valence-electron chi connectivity index (χ3n) is 5.59. The standard InChI is InChI=1S/C27H26N4P2/c1-31(2)27-28-32(23-15-7-3-8-16-23,24-17-9-4-10-18-24)30-33(29-27,25-19-11-5-12-20-25)26-21-13-6-14-22-26/h3-22H,1-2H3. The molecular weight excluding hydrogens is 442 g/mol. The largest absolute Gasteiger partial charge is 0.347 e. The normalized spacial score (nSPS) is 16.1. The molecule has 4 aromatic rings. The Balaban J connectivity index is 1.99. The van der Waals surface area contributed by atoms with Crippen molar-refractivity contribution in [2.75, 3.05) is 14.1 Å². The number of benzene rings is 4. The van der Waals surface area contributed by atoms with Crippen LogP contribution in [-0.4, -0.2) is 25.0 Å². The minimum atomic E-state index is -2.53. The smallest absolute Gasteiger partial charge is 0.226 e. The summed E-state index contributed by atoms with van der Waals surface area (Å²) in [6, 6.07) is 42.1. The third-order valence-corrected chi connectivity index (χ3v) is 12.7. The van der Waals surface area contributed by atoms with E-state index in [0.29, 0.717) is 0 Å². The lowest BCUT2D eigenvalue weighted by Gasteiger charge is -2.33. The SMILES string of the molecule is CN(C)C1=NP(c2ccccc2)(c2ccccc2)=NP(c2ccccc2)(c2ccccc2)=N1. The van der Waals surface area contributed by atoms with Crippen molar-refractivity contribution in [3.63, 3.8) is 0 Å². The summed E-state index contributed by atoms with van der Waals surface area (Å²) in [6.07, 6.45) is 0. The molecule has 0 unspecified atom stereocenters. The van der Waals surface area contributed by atoms with Gasteiger partial charge in [0.2, 0.25) is 5.96 Å². The molecule has 5 rings (SSSR count). The van der Waals surface area contributed by atoms with Crippen LogP contribution in [-0.2, 0) is 0 Å². The summed E-state index contributed by atoms with van der Waals surface area (Å²) in [5.41, 5.74) is 0. The van der Waals surface area contributed by atoms with Gasteiger partial charge in [0.15, 0.2) is 0 Å². The lowest BCUT2D eigenvalue weighted by molar-refractivity contribution is 0.617. The van der Waals surface area contributed by atoms with Crippen LogP contribution in [0, 0.1) is 0 Å². The van der Waals surface area contributed by atoms with Crippen molar-refractivity contribution in [3.8, 4) is 0 Å². The average Bonchev–Trinajstić information content (AvgIpc) is 2.90. The minimum Gasteiger partial charge on any atom is -0.347 e. The second-order valence-electron chi connectivity index (χ2n) is 8.03. The fourth-order valence-corrected chi connectivity index (χ4v) is 11.9. The fourth-order valence-electron chi connectivity index (χ4n) is 3.96. The van der Waals surface area contributed by atoms with Gasteiger partial charge in [-0.3, -0.25) is 0 Å². The highest BCUT2D eigenvalue weighted by Gasteiger charge is 2.36. The van der Waals surface area contributed by atoms with Gasteiger partial charge in [0, 0.05) is 35.3 Å². The molecule has 6 heteroatoms. The maximum absolute atomic E-state index is 5.80. The maximum atomic E-state index is 5.80. The van der Waals surface area contributed by atoms with Gasteiger partial charge in [-0.15, -0.1) is 0 Å². The molecule has 0 fully saturated rings. The molecule has 0 aliphatic carbocycles. The van der Waals surface area contributed by atoms with Gasteiger partial charge in [0.05, 0.1) is 0 Å². The zero-order valence-electron chi connectivity index (χ0n) is 18.7. The van der Waals surface area contributed by atoms with Crippen LogP contribution < -0.4 is 21.2 Å². The second kappa shape index (κ2) is 8.98. The molecule has 4 aromatic carbocycles. The summed E-state index contributed by atoms with van der Waals surface area (Å²) in [4.78, 5) is 2.02. The van der Waals surface area contributed by atoms with E-state index in [2.05, 4.69) is 97.1 Å². The van der Waals surface area contributed by atoms with Crippen LogP contribution in [0.5, 0.6) is 0 Å². The lowest BCUT2D eigenvalue weighted by Crippen LogP contribution is -2.28. The van der Waals surface area contributed by atoms with Crippen molar-refractivity contribution < 1.29 is 0 Å². The summed E-state index contributed by atoms with van der Waals surface area (Å²) < 4.78 is 16.5. The topological polar surface area (TPSA) is 40.3 Å². The van der Waals surface area contributed by atoms with E-state index in [9.17, 15) is 0 Å². The van der Waals surface area contributed by atoms with Crippen molar-refractivity contribution >= 4 is 41.6 Å². The van der Waals surface area contributed by atoms with E-state index in [1.165, 1.54) is 0 Å². The van der Waals surface area contributed by atoms with Gasteiger partial charge in [0.1, 0.15) is 14.4 Å². The first-order chi connectivity index (χ1) is 16.1. The average molecular weight is 468 g/mol. The Morgan fingerprint density at radius 3 is 1.15 bits per heavy atom. The Labute approximate surface area is 195 Å². The first-order valence-corrected chi connectivity index (χ1v) is 14.3. The molecule has 0 saturated carbocycles. The highest BCUT2D eigenvalue weighted by molar-refractivity contribution is 7.90. The molecule has 1 heterocycles. The number of guanidine groups is 1. The molecule has 0 radical (unpaired) electrons. The van der Waals surface area contributed by atoms with Crippen molar-refractivity contribution in [2.45, 2.75) is 0 Å². The lowest BCUT2D eigenvalue weighted by atomic mass is 10.4. The Bertz CT molecular complexity index is 1210. The summed E-state index contributed by atoms with van der Waals surface area (Å²) in [6.45, 7) is 0. The van der Waals surface area contributed by atoms with Gasteiger partial charge >= 0.3 is 0 Å². The number of hydrogen-bond acceptors (Lipinski definition) is 4. The van der Waals surface area contributed by atoms with E-state index in [4.69, 9.17) is 14.0 Å². The van der Waals surface area contributed by atoms with Crippen molar-refractivity contribution in [1.82, 2.24) is 4.90 Å². The Morgan fingerprint density at radius 2 is 0.818 bits per heavy atom. The van der Waals surface area contributed by atoms with Crippen LogP contribution >= 0.6 is 14.4 Å². The molecule has 33 heavy (non-hydrogen) atoms. The van der Waals surface area contributed by atoms with Crippen molar-refractivity contribution in [1.29, 1.82) is 0 Å². The van der Waals surface area contributed by atoms with E-state index in [0.717, 1.165) is 27.2 Å². The fraction of sp³-hybridized carbons (Fsp3) is 0.0741. The zero-order chi connectivity index (χ0) is 22.7. The number of nitrogens with zero attached hydrogens (tertiary/aromatic N) is 4. The van der Waals surface area contributed by atoms with Crippen LogP contribution in [0.25, 0.3) is 0 Å². The molecule has 164 valence electrons. The van der Waals surface area contributed by atoms with Crippen LogP contribution in [0.3, 0.4) is 0 Å². The van der Waals surface area contributed by atoms with Gasteiger partial charge in [-0.2, -0.15) is 0 Å². The highest BCUT2D eigenvalue weighted by atomic mass is 31.2. The Hall–Kier alpha value is -3.19. The molecule has 0 saturated heterocycles. The van der Waals surface area contributed by atoms with E-state index < -0.39 is 14.4 Å². The number of hydrogen-bond donors (Lipinski definition) is 0. The molecule has 1 aliphatic heterocycles. The second-order valence-corrected chi connectivity index (χ2v) is 13.6. The zero-order valence-corrected chi connectivity index (χ0v) is 20.5. The van der Waals surface area contributed by atoms with Crippen LogP contribution in [0.1, 0.15) is 0 Å². The first kappa shape index (κ1) is 21.6. The van der Waals surface area contributed by atoms with E-state index in [-0.39, 0.29) is 0 Å². The Morgan fingerprint density at radius 1 is 0.485 bits per heavy atom. The summed E-state index contributed by atoms with van der Waals surface area (Å²) in [5, 5.41) is 4.56. The molecular formula is C27H26N4P2. The van der Waals surface area contributed by atoms with Crippen molar-refractivity contribution in [2.24, 2.45) is 14.0 Å². The molecule has 0 aromatic heterocycles. The molecule has 0 atom stereocenters. The maximum Gasteiger partial charge on any atom is 0.226 e. The van der Waals surface area contributed by atoms with Gasteiger partial charge in [-0.05, 0) is 0 Å². The summed E-state index contributed by atoms with van der Waals surface area (Å²) in [7, 11) is -1.03. The summed E-state index contributed by atoms with van der Waals surface area (Å²) in [5.74, 6) is 0.743. The van der Waals surface area contributed by atoms with Crippen molar-refractivity contribution in [3.05, 3.63) is 121 Å². The van der Waals surface area contributed by atoms with Gasteiger partial charge in [-0.25, -0.2) is 14.0 Å².